The number of carbonyl (C=O) groups excluding carboxylic acids is 1. The van der Waals surface area contributed by atoms with E-state index < -0.39 is 0 Å². The average Bonchev–Trinajstić information content (AvgIpc) is 3.57. The van der Waals surface area contributed by atoms with Crippen LogP contribution in [0.4, 0.5) is 0 Å². The smallest absolute Gasteiger partial charge is 0.308 e. The van der Waals surface area contributed by atoms with Gasteiger partial charge in [-0.2, -0.15) is 0 Å². The summed E-state index contributed by atoms with van der Waals surface area (Å²) >= 11 is 0. The van der Waals surface area contributed by atoms with Crippen LogP contribution in [0.25, 0.3) is 0 Å². The molecule has 5 aliphatic rings. The van der Waals surface area contributed by atoms with E-state index in [-0.39, 0.29) is 23.6 Å². The molecule has 2 unspecified atom stereocenters. The van der Waals surface area contributed by atoms with Gasteiger partial charge in [-0.05, 0) is 101 Å². The number of aliphatic hydroxyl groups excluding tert-OH is 1. The van der Waals surface area contributed by atoms with Gasteiger partial charge in [0.2, 0.25) is 0 Å². The van der Waals surface area contributed by atoms with E-state index in [4.69, 9.17) is 9.47 Å². The lowest BCUT2D eigenvalue weighted by Crippen LogP contribution is -2.69. The minimum atomic E-state index is -0.289. The SMILES string of the molecule is CC(=O)Oc1ccc2c3c1O[C@H]1[C@@H](N(CCCCCCc4ccccc4)C(C)C)CC[C@H]4[C@@H](C2)N(CC2CC2O)CC[C@@]341. The number of rotatable bonds is 12. The Hall–Kier alpha value is -2.41. The highest BCUT2D eigenvalue weighted by atomic mass is 16.6. The summed E-state index contributed by atoms with van der Waals surface area (Å²) in [5.74, 6) is 2.13. The summed E-state index contributed by atoms with van der Waals surface area (Å²) in [7, 11) is 0. The summed E-state index contributed by atoms with van der Waals surface area (Å²) in [4.78, 5) is 17.6. The normalized spacial score (nSPS) is 32.0. The first-order valence-corrected chi connectivity index (χ1v) is 17.1. The monoisotopic (exact) mass is 586 g/mol. The van der Waals surface area contributed by atoms with Crippen LogP contribution in [-0.4, -0.2) is 70.8 Å². The number of unbranched alkanes of at least 4 members (excludes halogenated alkanes) is 3. The van der Waals surface area contributed by atoms with Crippen molar-refractivity contribution >= 4 is 5.97 Å². The van der Waals surface area contributed by atoms with Crippen LogP contribution in [0.5, 0.6) is 11.5 Å². The number of hydrogen-bond donors (Lipinski definition) is 1. The van der Waals surface area contributed by atoms with E-state index in [1.165, 1.54) is 62.1 Å². The van der Waals surface area contributed by atoms with Gasteiger partial charge in [-0.1, -0.05) is 49.2 Å². The van der Waals surface area contributed by atoms with Gasteiger partial charge in [-0.15, -0.1) is 0 Å². The van der Waals surface area contributed by atoms with Gasteiger partial charge >= 0.3 is 5.97 Å². The van der Waals surface area contributed by atoms with Crippen molar-refractivity contribution in [3.8, 4) is 11.5 Å². The molecule has 2 saturated carbocycles. The molecular formula is C37H50N2O4. The van der Waals surface area contributed by atoms with Crippen LogP contribution >= 0.6 is 0 Å². The van der Waals surface area contributed by atoms with Gasteiger partial charge in [-0.3, -0.25) is 14.6 Å². The Labute approximate surface area is 257 Å². The van der Waals surface area contributed by atoms with Gasteiger partial charge in [0.05, 0.1) is 6.10 Å². The van der Waals surface area contributed by atoms with Gasteiger partial charge in [0.25, 0.3) is 0 Å². The number of benzene rings is 2. The van der Waals surface area contributed by atoms with E-state index in [1.807, 2.05) is 6.07 Å². The third-order valence-corrected chi connectivity index (χ3v) is 11.6. The highest BCUT2D eigenvalue weighted by Crippen LogP contribution is 2.64. The van der Waals surface area contributed by atoms with E-state index >= 15 is 0 Å². The van der Waals surface area contributed by atoms with Crippen LogP contribution in [-0.2, 0) is 23.1 Å². The van der Waals surface area contributed by atoms with Crippen LogP contribution in [0.3, 0.4) is 0 Å². The third kappa shape index (κ3) is 5.32. The zero-order valence-electron chi connectivity index (χ0n) is 26.3. The Morgan fingerprint density at radius 3 is 2.65 bits per heavy atom. The van der Waals surface area contributed by atoms with Crippen LogP contribution in [0, 0.1) is 11.8 Å². The lowest BCUT2D eigenvalue weighted by molar-refractivity contribution is -0.132. The predicted molar refractivity (Wildman–Crippen MR) is 169 cm³/mol. The molecule has 1 N–H and O–H groups in total. The second-order valence-electron chi connectivity index (χ2n) is 14.4. The van der Waals surface area contributed by atoms with Crippen LogP contribution in [0.1, 0.15) is 88.8 Å². The number of esters is 1. The first-order chi connectivity index (χ1) is 20.9. The Bertz CT molecular complexity index is 1310. The number of aryl methyl sites for hydroxylation is 1. The Morgan fingerprint density at radius 1 is 1.12 bits per heavy atom. The van der Waals surface area contributed by atoms with Crippen molar-refractivity contribution in [2.24, 2.45) is 11.8 Å². The van der Waals surface area contributed by atoms with Gasteiger partial charge < -0.3 is 14.6 Å². The largest absolute Gasteiger partial charge is 0.484 e. The minimum absolute atomic E-state index is 0.0336. The Kier molecular flexibility index (Phi) is 8.06. The van der Waals surface area contributed by atoms with Crippen LogP contribution < -0.4 is 9.47 Å². The number of nitrogens with zero attached hydrogens (tertiary/aromatic N) is 2. The minimum Gasteiger partial charge on any atom is -0.484 e. The molecule has 43 heavy (non-hydrogen) atoms. The van der Waals surface area contributed by atoms with E-state index in [0.717, 1.165) is 51.1 Å². The van der Waals surface area contributed by atoms with Gasteiger partial charge in [-0.25, -0.2) is 0 Å². The summed E-state index contributed by atoms with van der Waals surface area (Å²) in [6.45, 7) is 9.36. The molecule has 6 heteroatoms. The number of piperidine rings is 1. The van der Waals surface area contributed by atoms with Gasteiger partial charge in [0.1, 0.15) is 6.10 Å². The van der Waals surface area contributed by atoms with Crippen molar-refractivity contribution in [1.29, 1.82) is 0 Å². The third-order valence-electron chi connectivity index (χ3n) is 11.6. The molecule has 2 aromatic rings. The quantitative estimate of drug-likeness (QED) is 0.190. The molecule has 3 aliphatic carbocycles. The molecule has 6 nitrogen and oxygen atoms in total. The lowest BCUT2D eigenvalue weighted by Gasteiger charge is -2.61. The molecule has 7 rings (SSSR count). The van der Waals surface area contributed by atoms with Gasteiger partial charge in [0, 0.05) is 48.5 Å². The first kappa shape index (κ1) is 29.3. The maximum Gasteiger partial charge on any atom is 0.308 e. The molecule has 3 fully saturated rings. The average molecular weight is 587 g/mol. The topological polar surface area (TPSA) is 62.2 Å². The predicted octanol–water partition coefficient (Wildman–Crippen LogP) is 5.91. The molecule has 0 aromatic heterocycles. The standard InChI is InChI=1S/C37H50N2O4/c1-24(2)39(19-10-5-4-7-11-26-12-8-6-9-13-26)30-16-15-29-31-21-27-14-17-33(42-25(3)40)35-34(27)37(29,36(30)43-35)18-20-38(31)23-28-22-32(28)41/h6,8-9,12-14,17,24,28-32,36,41H,4-5,7,10-11,15-16,18-23H2,1-3H3/t28?,29-,30-,31+,32?,36-,37-/m0/s1. The molecule has 2 bridgehead atoms. The van der Waals surface area contributed by atoms with Crippen LogP contribution in [0.2, 0.25) is 0 Å². The molecule has 232 valence electrons. The highest BCUT2D eigenvalue weighted by molar-refractivity contribution is 5.72. The van der Waals surface area contributed by atoms with Crippen molar-refractivity contribution in [3.05, 3.63) is 59.2 Å². The second kappa shape index (κ2) is 11.8. The summed E-state index contributed by atoms with van der Waals surface area (Å²) < 4.78 is 12.9. The fourth-order valence-corrected chi connectivity index (χ4v) is 9.55. The number of hydrogen-bond acceptors (Lipinski definition) is 6. The number of ether oxygens (including phenoxy) is 2. The highest BCUT2D eigenvalue weighted by Gasteiger charge is 2.66. The molecule has 0 radical (unpaired) electrons. The van der Waals surface area contributed by atoms with Crippen molar-refractivity contribution in [2.45, 2.75) is 121 Å². The van der Waals surface area contributed by atoms with E-state index in [9.17, 15) is 9.90 Å². The van der Waals surface area contributed by atoms with E-state index in [1.54, 1.807) is 0 Å². The molecule has 0 amide bonds. The molecule has 1 spiro atoms. The fraction of sp³-hybridized carbons (Fsp3) is 0.649. The van der Waals surface area contributed by atoms with Crippen molar-refractivity contribution in [1.82, 2.24) is 9.80 Å². The molecule has 2 heterocycles. The first-order valence-electron chi connectivity index (χ1n) is 17.1. The van der Waals surface area contributed by atoms with Crippen molar-refractivity contribution in [2.75, 3.05) is 19.6 Å². The summed E-state index contributed by atoms with van der Waals surface area (Å²) in [5, 5.41) is 10.1. The summed E-state index contributed by atoms with van der Waals surface area (Å²) in [6.07, 6.45) is 11.5. The molecule has 1 saturated heterocycles. The summed E-state index contributed by atoms with van der Waals surface area (Å²) in [6, 6.07) is 16.3. The van der Waals surface area contributed by atoms with Crippen molar-refractivity contribution < 1.29 is 19.4 Å². The fourth-order valence-electron chi connectivity index (χ4n) is 9.55. The summed E-state index contributed by atoms with van der Waals surface area (Å²) in [5.41, 5.74) is 4.15. The number of carbonyl (C=O) groups is 1. The van der Waals surface area contributed by atoms with Gasteiger partial charge in [0.15, 0.2) is 11.5 Å². The van der Waals surface area contributed by atoms with Crippen molar-refractivity contribution in [3.63, 3.8) is 0 Å². The maximum atomic E-state index is 12.1. The van der Waals surface area contributed by atoms with E-state index in [2.05, 4.69) is 60.0 Å². The molecule has 2 aromatic carbocycles. The number of likely N-dealkylation sites (tertiary alicyclic amines) is 1. The maximum absolute atomic E-state index is 12.1. The Balaban J connectivity index is 1.12. The number of aliphatic hydroxyl groups is 1. The second-order valence-corrected chi connectivity index (χ2v) is 14.4. The van der Waals surface area contributed by atoms with Crippen LogP contribution in [0.15, 0.2) is 42.5 Å². The Morgan fingerprint density at radius 2 is 1.91 bits per heavy atom. The molecule has 7 atom stereocenters. The molecular weight excluding hydrogens is 536 g/mol. The zero-order chi connectivity index (χ0) is 29.7. The van der Waals surface area contributed by atoms with E-state index in [0.29, 0.717) is 35.7 Å². The molecule has 2 aliphatic heterocycles. The zero-order valence-corrected chi connectivity index (χ0v) is 26.3. The lowest BCUT2D eigenvalue weighted by atomic mass is 9.51.